The SMILES string of the molecule is CN(C)CC=CC(=O)N1Cc2c(-c3ccncc3)c(-c3ccc(Cl)cc3)nn2CC1(C)C. The van der Waals surface area contributed by atoms with E-state index in [4.69, 9.17) is 16.7 Å². The molecule has 2 aromatic heterocycles. The molecule has 1 aliphatic rings. The van der Waals surface area contributed by atoms with Crippen LogP contribution in [-0.2, 0) is 17.9 Å². The number of carbonyl (C=O) groups excluding carboxylic acids is 1. The van der Waals surface area contributed by atoms with Gasteiger partial charge in [0.1, 0.15) is 5.69 Å². The van der Waals surface area contributed by atoms with E-state index in [2.05, 4.69) is 18.8 Å². The first kappa shape index (κ1) is 22.2. The Morgan fingerprint density at radius 1 is 1.12 bits per heavy atom. The number of amides is 1. The maximum atomic E-state index is 13.1. The van der Waals surface area contributed by atoms with Gasteiger partial charge < -0.3 is 9.80 Å². The maximum Gasteiger partial charge on any atom is 0.247 e. The molecule has 1 aliphatic heterocycles. The third-order valence-electron chi connectivity index (χ3n) is 5.72. The summed E-state index contributed by atoms with van der Waals surface area (Å²) in [5.41, 5.74) is 4.59. The Hall–Kier alpha value is -2.96. The van der Waals surface area contributed by atoms with Crippen LogP contribution in [0.3, 0.4) is 0 Å². The molecule has 0 fully saturated rings. The minimum Gasteiger partial charge on any atom is -0.326 e. The standard InChI is InChI=1S/C25H28ClN5O/c1-25(2)17-31-21(16-30(25)22(32)6-5-15-29(3)4)23(18-11-13-27-14-12-18)24(28-31)19-7-9-20(26)10-8-19/h5-14H,15-17H2,1-4H3. The van der Waals surface area contributed by atoms with Crippen LogP contribution in [-0.4, -0.2) is 56.7 Å². The molecule has 0 spiro atoms. The van der Waals surface area contributed by atoms with Gasteiger partial charge in [-0.1, -0.05) is 29.8 Å². The second kappa shape index (κ2) is 8.88. The Kier molecular flexibility index (Phi) is 6.17. The van der Waals surface area contributed by atoms with E-state index in [9.17, 15) is 4.79 Å². The van der Waals surface area contributed by atoms with Crippen LogP contribution in [0, 0.1) is 0 Å². The number of halogens is 1. The largest absolute Gasteiger partial charge is 0.326 e. The molecule has 3 aromatic rings. The minimum absolute atomic E-state index is 0.0121. The van der Waals surface area contributed by atoms with Crippen molar-refractivity contribution in [2.45, 2.75) is 32.5 Å². The van der Waals surface area contributed by atoms with Gasteiger partial charge in [-0.05, 0) is 57.8 Å². The molecular weight excluding hydrogens is 422 g/mol. The molecule has 7 heteroatoms. The molecule has 0 saturated carbocycles. The Morgan fingerprint density at radius 3 is 2.47 bits per heavy atom. The van der Waals surface area contributed by atoms with E-state index in [1.807, 2.05) is 71.1 Å². The van der Waals surface area contributed by atoms with Crippen molar-refractivity contribution in [2.24, 2.45) is 0 Å². The second-order valence-electron chi connectivity index (χ2n) is 8.97. The van der Waals surface area contributed by atoms with Crippen LogP contribution < -0.4 is 0 Å². The first-order valence-electron chi connectivity index (χ1n) is 10.6. The number of benzene rings is 1. The lowest BCUT2D eigenvalue weighted by Gasteiger charge is -2.42. The van der Waals surface area contributed by atoms with Gasteiger partial charge in [-0.2, -0.15) is 5.10 Å². The third kappa shape index (κ3) is 4.47. The highest BCUT2D eigenvalue weighted by molar-refractivity contribution is 6.30. The van der Waals surface area contributed by atoms with Crippen molar-refractivity contribution in [3.63, 3.8) is 0 Å². The zero-order valence-electron chi connectivity index (χ0n) is 18.9. The summed E-state index contributed by atoms with van der Waals surface area (Å²) < 4.78 is 2.05. The van der Waals surface area contributed by atoms with E-state index in [1.54, 1.807) is 18.5 Å². The van der Waals surface area contributed by atoms with Crippen LogP contribution in [0.4, 0.5) is 0 Å². The number of carbonyl (C=O) groups is 1. The maximum absolute atomic E-state index is 13.1. The zero-order chi connectivity index (χ0) is 22.9. The van der Waals surface area contributed by atoms with Crippen molar-refractivity contribution in [1.29, 1.82) is 0 Å². The van der Waals surface area contributed by atoms with Gasteiger partial charge in [0.25, 0.3) is 0 Å². The van der Waals surface area contributed by atoms with Crippen molar-refractivity contribution >= 4 is 17.5 Å². The van der Waals surface area contributed by atoms with E-state index >= 15 is 0 Å². The van der Waals surface area contributed by atoms with Crippen LogP contribution in [0.1, 0.15) is 19.5 Å². The van der Waals surface area contributed by atoms with E-state index in [0.717, 1.165) is 34.6 Å². The summed E-state index contributed by atoms with van der Waals surface area (Å²) in [6.45, 7) is 5.99. The predicted octanol–water partition coefficient (Wildman–Crippen LogP) is 4.50. The summed E-state index contributed by atoms with van der Waals surface area (Å²) in [7, 11) is 3.97. The quantitative estimate of drug-likeness (QED) is 0.538. The molecular formula is C25H28ClN5O. The first-order chi connectivity index (χ1) is 15.3. The first-order valence-corrected chi connectivity index (χ1v) is 11.0. The summed E-state index contributed by atoms with van der Waals surface area (Å²) in [5, 5.41) is 5.68. The van der Waals surface area contributed by atoms with Gasteiger partial charge in [0.15, 0.2) is 0 Å². The number of rotatable bonds is 5. The van der Waals surface area contributed by atoms with Gasteiger partial charge in [0, 0.05) is 41.2 Å². The van der Waals surface area contributed by atoms with Gasteiger partial charge in [0.2, 0.25) is 5.91 Å². The molecule has 0 N–H and O–H groups in total. The molecule has 0 atom stereocenters. The van der Waals surface area contributed by atoms with E-state index in [1.165, 1.54) is 0 Å². The topological polar surface area (TPSA) is 54.3 Å². The Bertz CT molecular complexity index is 1130. The molecule has 0 bridgehead atoms. The average molecular weight is 450 g/mol. The Morgan fingerprint density at radius 2 is 1.81 bits per heavy atom. The van der Waals surface area contributed by atoms with Crippen LogP contribution in [0.5, 0.6) is 0 Å². The molecule has 0 aliphatic carbocycles. The molecule has 1 amide bonds. The van der Waals surface area contributed by atoms with Crippen molar-refractivity contribution in [1.82, 2.24) is 24.6 Å². The van der Waals surface area contributed by atoms with Crippen molar-refractivity contribution in [2.75, 3.05) is 20.6 Å². The number of aromatic nitrogens is 3. The zero-order valence-corrected chi connectivity index (χ0v) is 19.7. The third-order valence-corrected chi connectivity index (χ3v) is 5.97. The number of hydrogen-bond acceptors (Lipinski definition) is 4. The second-order valence-corrected chi connectivity index (χ2v) is 9.41. The average Bonchev–Trinajstić information content (AvgIpc) is 3.10. The van der Waals surface area contributed by atoms with Gasteiger partial charge >= 0.3 is 0 Å². The lowest BCUT2D eigenvalue weighted by atomic mass is 9.95. The lowest BCUT2D eigenvalue weighted by Crippen LogP contribution is -2.53. The fraction of sp³-hybridized carbons (Fsp3) is 0.320. The number of fused-ring (bicyclic) bond motifs is 1. The van der Waals surface area contributed by atoms with Crippen molar-refractivity contribution < 1.29 is 4.79 Å². The highest BCUT2D eigenvalue weighted by Crippen LogP contribution is 2.39. The van der Waals surface area contributed by atoms with Crippen LogP contribution >= 0.6 is 11.6 Å². The summed E-state index contributed by atoms with van der Waals surface area (Å²) in [4.78, 5) is 21.3. The molecule has 32 heavy (non-hydrogen) atoms. The fourth-order valence-electron chi connectivity index (χ4n) is 4.07. The van der Waals surface area contributed by atoms with Crippen LogP contribution in [0.25, 0.3) is 22.4 Å². The number of pyridine rings is 1. The molecule has 1 aromatic carbocycles. The molecule has 0 unspecified atom stereocenters. The smallest absolute Gasteiger partial charge is 0.247 e. The van der Waals surface area contributed by atoms with Crippen LogP contribution in [0.15, 0.2) is 60.9 Å². The van der Waals surface area contributed by atoms with Gasteiger partial charge in [-0.3, -0.25) is 14.5 Å². The van der Waals surface area contributed by atoms with E-state index in [0.29, 0.717) is 18.1 Å². The van der Waals surface area contributed by atoms with E-state index < -0.39 is 0 Å². The molecule has 3 heterocycles. The number of likely N-dealkylation sites (N-methyl/N-ethyl adjacent to an activating group) is 1. The molecule has 166 valence electrons. The van der Waals surface area contributed by atoms with E-state index in [-0.39, 0.29) is 11.4 Å². The summed E-state index contributed by atoms with van der Waals surface area (Å²) >= 11 is 6.12. The Labute approximate surface area is 194 Å². The highest BCUT2D eigenvalue weighted by Gasteiger charge is 2.38. The van der Waals surface area contributed by atoms with Gasteiger partial charge in [-0.15, -0.1) is 0 Å². The monoisotopic (exact) mass is 449 g/mol. The summed E-state index contributed by atoms with van der Waals surface area (Å²) in [6.07, 6.45) is 7.16. The number of nitrogens with zero attached hydrogens (tertiary/aromatic N) is 5. The molecule has 0 saturated heterocycles. The summed E-state index contributed by atoms with van der Waals surface area (Å²) in [6, 6.07) is 11.7. The Balaban J connectivity index is 1.80. The van der Waals surface area contributed by atoms with Gasteiger partial charge in [0.05, 0.1) is 24.3 Å². The molecule has 0 radical (unpaired) electrons. The molecule has 6 nitrogen and oxygen atoms in total. The van der Waals surface area contributed by atoms with Crippen molar-refractivity contribution in [3.8, 4) is 22.4 Å². The number of hydrogen-bond donors (Lipinski definition) is 0. The van der Waals surface area contributed by atoms with Crippen LogP contribution in [0.2, 0.25) is 5.02 Å². The summed E-state index contributed by atoms with van der Waals surface area (Å²) in [5.74, 6) is 0.0121. The highest BCUT2D eigenvalue weighted by atomic mass is 35.5. The fourth-order valence-corrected chi connectivity index (χ4v) is 4.19. The lowest BCUT2D eigenvalue weighted by molar-refractivity contribution is -0.134. The minimum atomic E-state index is -0.370. The normalized spacial score (nSPS) is 15.4. The molecule has 4 rings (SSSR count). The predicted molar refractivity (Wildman–Crippen MR) is 128 cm³/mol. The van der Waals surface area contributed by atoms with Crippen molar-refractivity contribution in [3.05, 3.63) is 71.7 Å². The van der Waals surface area contributed by atoms with Gasteiger partial charge in [-0.25, -0.2) is 0 Å².